The van der Waals surface area contributed by atoms with Gasteiger partial charge in [0.2, 0.25) is 0 Å². The number of fused-ring (bicyclic) bond motifs is 1. The number of Topliss-reactive ketones (excluding diaryl/α,β-unsaturated/α-hetero) is 1. The molecule has 0 aliphatic heterocycles. The van der Waals surface area contributed by atoms with Crippen molar-refractivity contribution in [2.24, 2.45) is 0 Å². The molecule has 2 amide bonds. The average Bonchev–Trinajstić information content (AvgIpc) is 3.20. The van der Waals surface area contributed by atoms with E-state index < -0.39 is 23.5 Å². The van der Waals surface area contributed by atoms with Crippen molar-refractivity contribution in [1.82, 2.24) is 14.9 Å². The molecular weight excluding hydrogens is 483 g/mol. The van der Waals surface area contributed by atoms with Gasteiger partial charge in [-0.3, -0.25) is 19.4 Å². The first-order valence-corrected chi connectivity index (χ1v) is 11.6. The Morgan fingerprint density at radius 3 is 2.56 bits per heavy atom. The van der Waals surface area contributed by atoms with Crippen LogP contribution in [0.1, 0.15) is 52.0 Å². The lowest BCUT2D eigenvalue weighted by molar-refractivity contribution is -0.117. The van der Waals surface area contributed by atoms with Crippen molar-refractivity contribution in [3.8, 4) is 0 Å². The van der Waals surface area contributed by atoms with Crippen LogP contribution >= 0.6 is 11.6 Å². The van der Waals surface area contributed by atoms with Crippen molar-refractivity contribution in [1.29, 1.82) is 0 Å². The van der Waals surface area contributed by atoms with E-state index in [-0.39, 0.29) is 23.7 Å². The fourth-order valence-electron chi connectivity index (χ4n) is 4.32. The van der Waals surface area contributed by atoms with Crippen molar-refractivity contribution in [2.75, 3.05) is 12.4 Å². The molecule has 0 saturated heterocycles. The number of nitrogens with one attached hydrogen (secondary N) is 2. The summed E-state index contributed by atoms with van der Waals surface area (Å²) >= 11 is 6.40. The lowest BCUT2D eigenvalue weighted by atomic mass is 9.96. The van der Waals surface area contributed by atoms with Gasteiger partial charge in [-0.15, -0.1) is 0 Å². The molecule has 7 nitrogen and oxygen atoms in total. The van der Waals surface area contributed by atoms with Gasteiger partial charge in [-0.25, -0.2) is 4.39 Å². The number of pyridine rings is 1. The molecule has 0 unspecified atom stereocenters. The summed E-state index contributed by atoms with van der Waals surface area (Å²) in [5, 5.41) is 7.25. The van der Waals surface area contributed by atoms with Crippen LogP contribution in [-0.2, 0) is 11.3 Å². The van der Waals surface area contributed by atoms with E-state index in [1.807, 2.05) is 18.2 Å². The molecule has 0 spiro atoms. The van der Waals surface area contributed by atoms with Crippen LogP contribution in [0, 0.1) is 5.82 Å². The SMILES string of the molecule is CNC(=O)c1cc(NC(=O)c2nccc3ccccc23)c([C@@H](C)c2cc(F)ccc2Cl)n1CC(C)=O. The minimum atomic E-state index is -0.582. The quantitative estimate of drug-likeness (QED) is 0.361. The van der Waals surface area contributed by atoms with Crippen LogP contribution in [0.5, 0.6) is 0 Å². The van der Waals surface area contributed by atoms with E-state index in [1.54, 1.807) is 25.3 Å². The molecule has 0 bridgehead atoms. The third kappa shape index (κ3) is 4.85. The van der Waals surface area contributed by atoms with E-state index in [1.165, 1.54) is 42.8 Å². The fourth-order valence-corrected chi connectivity index (χ4v) is 4.60. The highest BCUT2D eigenvalue weighted by molar-refractivity contribution is 6.31. The largest absolute Gasteiger partial charge is 0.354 e. The van der Waals surface area contributed by atoms with Gasteiger partial charge in [-0.1, -0.05) is 42.8 Å². The first kappa shape index (κ1) is 25.1. The summed E-state index contributed by atoms with van der Waals surface area (Å²) in [5.74, 6) is -2.21. The number of ketones is 1. The Balaban J connectivity index is 1.89. The highest BCUT2D eigenvalue weighted by Gasteiger charge is 2.28. The molecule has 36 heavy (non-hydrogen) atoms. The molecule has 0 aliphatic carbocycles. The first-order chi connectivity index (χ1) is 17.2. The zero-order valence-electron chi connectivity index (χ0n) is 19.9. The average molecular weight is 507 g/mol. The third-order valence-corrected chi connectivity index (χ3v) is 6.29. The van der Waals surface area contributed by atoms with Crippen molar-refractivity contribution in [2.45, 2.75) is 26.3 Å². The molecular formula is C27H24ClFN4O3. The minimum absolute atomic E-state index is 0.127. The Morgan fingerprint density at radius 1 is 1.08 bits per heavy atom. The van der Waals surface area contributed by atoms with Gasteiger partial charge in [0.05, 0.1) is 12.2 Å². The summed E-state index contributed by atoms with van der Waals surface area (Å²) in [6, 6.07) is 14.6. The molecule has 9 heteroatoms. The van der Waals surface area contributed by atoms with Crippen molar-refractivity contribution >= 4 is 45.7 Å². The lowest BCUT2D eigenvalue weighted by Gasteiger charge is -2.20. The van der Waals surface area contributed by atoms with E-state index in [2.05, 4.69) is 15.6 Å². The highest BCUT2D eigenvalue weighted by Crippen LogP contribution is 2.37. The number of carbonyl (C=O) groups excluding carboxylic acids is 3. The number of nitrogens with zero attached hydrogens (tertiary/aromatic N) is 2. The molecule has 2 heterocycles. The maximum atomic E-state index is 14.1. The second-order valence-electron chi connectivity index (χ2n) is 8.42. The Kier molecular flexibility index (Phi) is 7.17. The number of carbonyl (C=O) groups is 3. The standard InChI is InChI=1S/C27H24ClFN4O3/c1-15(34)14-33-23(26(35)30-3)13-22(25(33)16(2)20-12-18(29)8-9-21(20)28)32-27(36)24-19-7-5-4-6-17(19)10-11-31-24/h4-13,16H,14H2,1-3H3,(H,30,35)(H,32,36)/t16-/m0/s1. The number of halogens is 2. The van der Waals surface area contributed by atoms with E-state index in [0.717, 1.165) is 5.39 Å². The topological polar surface area (TPSA) is 93.1 Å². The molecule has 4 rings (SSSR count). The smallest absolute Gasteiger partial charge is 0.274 e. The van der Waals surface area contributed by atoms with Gasteiger partial charge in [-0.2, -0.15) is 0 Å². The molecule has 0 aliphatic rings. The molecule has 4 aromatic rings. The predicted octanol–water partition coefficient (Wildman–Crippen LogP) is 5.18. The fraction of sp³-hybridized carbons (Fsp3) is 0.185. The first-order valence-electron chi connectivity index (χ1n) is 11.3. The number of hydrogen-bond acceptors (Lipinski definition) is 4. The second-order valence-corrected chi connectivity index (χ2v) is 8.83. The Morgan fingerprint density at radius 2 is 1.83 bits per heavy atom. The summed E-state index contributed by atoms with van der Waals surface area (Å²) < 4.78 is 15.7. The number of rotatable bonds is 7. The van der Waals surface area contributed by atoms with Crippen molar-refractivity contribution in [3.63, 3.8) is 0 Å². The van der Waals surface area contributed by atoms with Gasteiger partial charge in [0, 0.05) is 35.3 Å². The van der Waals surface area contributed by atoms with Gasteiger partial charge in [0.25, 0.3) is 11.8 Å². The molecule has 0 radical (unpaired) electrons. The van der Waals surface area contributed by atoms with Crippen LogP contribution in [0.3, 0.4) is 0 Å². The summed E-state index contributed by atoms with van der Waals surface area (Å²) in [5.41, 5.74) is 1.55. The van der Waals surface area contributed by atoms with Crippen LogP contribution in [0.25, 0.3) is 10.8 Å². The molecule has 2 N–H and O–H groups in total. The minimum Gasteiger partial charge on any atom is -0.354 e. The van der Waals surface area contributed by atoms with Gasteiger partial charge in [-0.05, 0) is 48.2 Å². The third-order valence-electron chi connectivity index (χ3n) is 5.95. The Labute approximate surface area is 212 Å². The number of aromatic nitrogens is 2. The van der Waals surface area contributed by atoms with Crippen molar-refractivity contribution < 1.29 is 18.8 Å². The van der Waals surface area contributed by atoms with Crippen LogP contribution < -0.4 is 10.6 Å². The predicted molar refractivity (Wildman–Crippen MR) is 137 cm³/mol. The molecule has 2 aromatic heterocycles. The monoisotopic (exact) mass is 506 g/mol. The normalized spacial score (nSPS) is 11.8. The zero-order valence-corrected chi connectivity index (χ0v) is 20.7. The van der Waals surface area contributed by atoms with Gasteiger partial charge >= 0.3 is 0 Å². The molecule has 0 fully saturated rings. The summed E-state index contributed by atoms with van der Waals surface area (Å²) in [6.45, 7) is 3.04. The lowest BCUT2D eigenvalue weighted by Crippen LogP contribution is -2.24. The van der Waals surface area contributed by atoms with E-state index in [4.69, 9.17) is 11.6 Å². The van der Waals surface area contributed by atoms with Gasteiger partial charge < -0.3 is 15.2 Å². The number of anilines is 1. The Bertz CT molecular complexity index is 1490. The van der Waals surface area contributed by atoms with Gasteiger partial charge in [0.15, 0.2) is 0 Å². The number of hydrogen-bond donors (Lipinski definition) is 2. The molecule has 1 atom stereocenters. The molecule has 184 valence electrons. The van der Waals surface area contributed by atoms with Crippen LogP contribution in [0.2, 0.25) is 5.02 Å². The number of benzene rings is 2. The van der Waals surface area contributed by atoms with E-state index >= 15 is 0 Å². The summed E-state index contributed by atoms with van der Waals surface area (Å²) in [7, 11) is 1.47. The van der Waals surface area contributed by atoms with Crippen LogP contribution in [-0.4, -0.2) is 34.2 Å². The zero-order chi connectivity index (χ0) is 26.0. The Hall–Kier alpha value is -4.04. The maximum Gasteiger partial charge on any atom is 0.274 e. The van der Waals surface area contributed by atoms with Crippen LogP contribution in [0.15, 0.2) is 60.8 Å². The van der Waals surface area contributed by atoms with Gasteiger partial charge in [0.1, 0.15) is 23.0 Å². The molecule has 0 saturated carbocycles. The summed E-state index contributed by atoms with van der Waals surface area (Å²) in [6.07, 6.45) is 1.55. The second kappa shape index (κ2) is 10.3. The summed E-state index contributed by atoms with van der Waals surface area (Å²) in [4.78, 5) is 42.6. The number of amides is 2. The molecule has 2 aromatic carbocycles. The highest BCUT2D eigenvalue weighted by atomic mass is 35.5. The maximum absolute atomic E-state index is 14.1. The van der Waals surface area contributed by atoms with Crippen LogP contribution in [0.4, 0.5) is 10.1 Å². The van der Waals surface area contributed by atoms with E-state index in [0.29, 0.717) is 27.4 Å². The van der Waals surface area contributed by atoms with Crippen molar-refractivity contribution in [3.05, 3.63) is 94.3 Å². The van der Waals surface area contributed by atoms with E-state index in [9.17, 15) is 18.8 Å².